The average molecular weight is 631 g/mol. The number of halogens is 5. The Labute approximate surface area is 246 Å². The maximum atomic E-state index is 14.0. The lowest BCUT2D eigenvalue weighted by Crippen LogP contribution is -2.53. The van der Waals surface area contributed by atoms with Gasteiger partial charge in [-0.25, -0.2) is 8.42 Å². The SMILES string of the molecule is CCNC(=O)[C@@H](Cc1ccccc1)N(Cc1c(Cl)cccc1Cl)C(=O)CN(c1cccc(C(F)(F)F)c1)S(C)(=O)=O. The normalized spacial score (nSPS) is 12.5. The van der Waals surface area contributed by atoms with E-state index in [1.807, 2.05) is 0 Å². The maximum absolute atomic E-state index is 14.0. The highest BCUT2D eigenvalue weighted by Crippen LogP contribution is 2.33. The average Bonchev–Trinajstić information content (AvgIpc) is 2.90. The van der Waals surface area contributed by atoms with E-state index in [1.54, 1.807) is 55.5 Å². The number of likely N-dealkylation sites (N-methyl/N-ethyl adjacent to an activating group) is 1. The van der Waals surface area contributed by atoms with Crippen LogP contribution in [0.4, 0.5) is 18.9 Å². The van der Waals surface area contributed by atoms with Gasteiger partial charge >= 0.3 is 6.18 Å². The Morgan fingerprint density at radius 2 is 1.56 bits per heavy atom. The molecule has 0 saturated heterocycles. The molecule has 0 spiro atoms. The Kier molecular flexibility index (Phi) is 10.7. The Bertz CT molecular complexity index is 1470. The summed E-state index contributed by atoms with van der Waals surface area (Å²) in [7, 11) is -4.25. The summed E-state index contributed by atoms with van der Waals surface area (Å²) >= 11 is 12.8. The van der Waals surface area contributed by atoms with Gasteiger partial charge in [-0.05, 0) is 42.8 Å². The van der Waals surface area contributed by atoms with Crippen LogP contribution in [0, 0.1) is 0 Å². The number of carbonyl (C=O) groups is 2. The highest BCUT2D eigenvalue weighted by atomic mass is 35.5. The monoisotopic (exact) mass is 629 g/mol. The minimum absolute atomic E-state index is 0.0585. The predicted molar refractivity (Wildman–Crippen MR) is 153 cm³/mol. The molecule has 0 aliphatic carbocycles. The second-order valence-corrected chi connectivity index (χ2v) is 11.9. The Morgan fingerprint density at radius 3 is 2.12 bits per heavy atom. The van der Waals surface area contributed by atoms with E-state index >= 15 is 0 Å². The van der Waals surface area contributed by atoms with Crippen LogP contribution in [0.5, 0.6) is 0 Å². The topological polar surface area (TPSA) is 86.8 Å². The predicted octanol–water partition coefficient (Wildman–Crippen LogP) is 5.55. The van der Waals surface area contributed by atoms with Crippen molar-refractivity contribution in [2.75, 3.05) is 23.7 Å². The van der Waals surface area contributed by atoms with Crippen LogP contribution in [-0.4, -0.2) is 50.5 Å². The molecule has 0 aromatic heterocycles. The zero-order valence-electron chi connectivity index (χ0n) is 22.2. The van der Waals surface area contributed by atoms with E-state index in [0.29, 0.717) is 21.5 Å². The van der Waals surface area contributed by atoms with Crippen molar-refractivity contribution in [3.8, 4) is 0 Å². The molecule has 0 bridgehead atoms. The third kappa shape index (κ3) is 8.61. The first-order valence-electron chi connectivity index (χ1n) is 12.4. The molecule has 0 unspecified atom stereocenters. The minimum atomic E-state index is -4.74. The summed E-state index contributed by atoms with van der Waals surface area (Å²) in [6.07, 6.45) is -3.90. The van der Waals surface area contributed by atoms with Gasteiger partial charge in [-0.15, -0.1) is 0 Å². The quantitative estimate of drug-likeness (QED) is 0.301. The smallest absolute Gasteiger partial charge is 0.355 e. The fourth-order valence-electron chi connectivity index (χ4n) is 4.15. The minimum Gasteiger partial charge on any atom is -0.355 e. The molecule has 0 aliphatic rings. The van der Waals surface area contributed by atoms with Crippen molar-refractivity contribution in [1.29, 1.82) is 0 Å². The number of sulfonamides is 1. The van der Waals surface area contributed by atoms with E-state index in [1.165, 1.54) is 0 Å². The second-order valence-electron chi connectivity index (χ2n) is 9.14. The van der Waals surface area contributed by atoms with Crippen LogP contribution in [0.1, 0.15) is 23.6 Å². The molecule has 3 rings (SSSR count). The molecule has 2 amide bonds. The number of nitrogens with zero attached hydrogens (tertiary/aromatic N) is 2. The Morgan fingerprint density at radius 1 is 0.951 bits per heavy atom. The molecule has 41 heavy (non-hydrogen) atoms. The Hall–Kier alpha value is -3.28. The number of amides is 2. The van der Waals surface area contributed by atoms with E-state index in [-0.39, 0.29) is 35.2 Å². The summed E-state index contributed by atoms with van der Waals surface area (Å²) < 4.78 is 66.3. The van der Waals surface area contributed by atoms with Crippen molar-refractivity contribution in [2.24, 2.45) is 0 Å². The second kappa shape index (κ2) is 13.6. The largest absolute Gasteiger partial charge is 0.416 e. The lowest BCUT2D eigenvalue weighted by atomic mass is 10.0. The van der Waals surface area contributed by atoms with E-state index in [9.17, 15) is 31.2 Å². The van der Waals surface area contributed by atoms with Crippen LogP contribution < -0.4 is 9.62 Å². The molecule has 0 radical (unpaired) electrons. The molecule has 220 valence electrons. The first kappa shape index (κ1) is 32.2. The first-order valence-corrected chi connectivity index (χ1v) is 15.0. The molecule has 1 atom stereocenters. The van der Waals surface area contributed by atoms with Gasteiger partial charge in [0.05, 0.1) is 17.5 Å². The molecule has 13 heteroatoms. The van der Waals surface area contributed by atoms with E-state index in [4.69, 9.17) is 23.2 Å². The zero-order chi connectivity index (χ0) is 30.4. The van der Waals surface area contributed by atoms with Gasteiger partial charge in [-0.2, -0.15) is 13.2 Å². The highest BCUT2D eigenvalue weighted by molar-refractivity contribution is 7.92. The lowest BCUT2D eigenvalue weighted by molar-refractivity contribution is -0.140. The first-order chi connectivity index (χ1) is 19.2. The Balaban J connectivity index is 2.11. The summed E-state index contributed by atoms with van der Waals surface area (Å²) in [6.45, 7) is 0.797. The number of anilines is 1. The zero-order valence-corrected chi connectivity index (χ0v) is 24.5. The van der Waals surface area contributed by atoms with Gasteiger partial charge in [0.1, 0.15) is 12.6 Å². The number of rotatable bonds is 11. The molecule has 0 fully saturated rings. The number of benzene rings is 3. The number of hydrogen-bond acceptors (Lipinski definition) is 4. The van der Waals surface area contributed by atoms with Crippen molar-refractivity contribution in [1.82, 2.24) is 10.2 Å². The van der Waals surface area contributed by atoms with Crippen molar-refractivity contribution in [2.45, 2.75) is 32.1 Å². The van der Waals surface area contributed by atoms with Crippen LogP contribution in [0.3, 0.4) is 0 Å². The number of alkyl halides is 3. The van der Waals surface area contributed by atoms with Gasteiger partial charge < -0.3 is 10.2 Å². The summed E-state index contributed by atoms with van der Waals surface area (Å²) in [5.74, 6) is -1.37. The summed E-state index contributed by atoms with van der Waals surface area (Å²) in [4.78, 5) is 28.4. The van der Waals surface area contributed by atoms with Crippen LogP contribution in [-0.2, 0) is 38.8 Å². The van der Waals surface area contributed by atoms with Gasteiger partial charge in [0.2, 0.25) is 21.8 Å². The van der Waals surface area contributed by atoms with Crippen LogP contribution in [0.25, 0.3) is 0 Å². The van der Waals surface area contributed by atoms with Crippen molar-refractivity contribution in [3.05, 3.63) is 99.5 Å². The van der Waals surface area contributed by atoms with Gasteiger partial charge in [0.25, 0.3) is 0 Å². The van der Waals surface area contributed by atoms with E-state index in [2.05, 4.69) is 5.32 Å². The fraction of sp³-hybridized carbons (Fsp3) is 0.286. The molecule has 0 saturated carbocycles. The molecule has 0 aliphatic heterocycles. The molecule has 0 heterocycles. The molecule has 1 N–H and O–H groups in total. The van der Waals surface area contributed by atoms with Gasteiger partial charge in [0.15, 0.2) is 0 Å². The fourth-order valence-corrected chi connectivity index (χ4v) is 5.51. The number of hydrogen-bond donors (Lipinski definition) is 1. The molecular formula is C28H28Cl2F3N3O4S. The summed E-state index contributed by atoms with van der Waals surface area (Å²) in [5, 5.41) is 3.12. The molecule has 7 nitrogen and oxygen atoms in total. The molecular weight excluding hydrogens is 602 g/mol. The standard InChI is InChI=1S/C28H28Cl2F3N3O4S/c1-3-34-27(38)25(15-19-9-5-4-6-10-19)35(17-22-23(29)13-8-14-24(22)30)26(37)18-36(41(2,39)40)21-12-7-11-20(16-21)28(31,32)33/h4-14,16,25H,3,15,17-18H2,1-2H3,(H,34,38)/t25-/m1/s1. The lowest BCUT2D eigenvalue weighted by Gasteiger charge is -2.34. The van der Waals surface area contributed by atoms with Gasteiger partial charge in [-0.1, -0.05) is 65.7 Å². The molecule has 3 aromatic rings. The third-order valence-electron chi connectivity index (χ3n) is 6.15. The van der Waals surface area contributed by atoms with E-state index in [0.717, 1.165) is 29.4 Å². The summed E-state index contributed by atoms with van der Waals surface area (Å²) in [5.41, 5.74) is -0.412. The van der Waals surface area contributed by atoms with Gasteiger partial charge in [0, 0.05) is 35.1 Å². The van der Waals surface area contributed by atoms with Crippen molar-refractivity contribution in [3.63, 3.8) is 0 Å². The highest BCUT2D eigenvalue weighted by Gasteiger charge is 2.35. The maximum Gasteiger partial charge on any atom is 0.416 e. The number of nitrogens with one attached hydrogen (secondary N) is 1. The number of carbonyl (C=O) groups excluding carboxylic acids is 2. The van der Waals surface area contributed by atoms with Crippen molar-refractivity contribution < 1.29 is 31.2 Å². The van der Waals surface area contributed by atoms with Crippen LogP contribution in [0.2, 0.25) is 10.0 Å². The van der Waals surface area contributed by atoms with Crippen LogP contribution >= 0.6 is 23.2 Å². The summed E-state index contributed by atoms with van der Waals surface area (Å²) in [6, 6.07) is 16.1. The molecule has 3 aromatic carbocycles. The van der Waals surface area contributed by atoms with Crippen LogP contribution in [0.15, 0.2) is 72.8 Å². The third-order valence-corrected chi connectivity index (χ3v) is 8.00. The van der Waals surface area contributed by atoms with Crippen molar-refractivity contribution >= 4 is 50.7 Å². The van der Waals surface area contributed by atoms with E-state index < -0.39 is 46.2 Å². The van der Waals surface area contributed by atoms with Gasteiger partial charge in [-0.3, -0.25) is 13.9 Å².